The van der Waals surface area contributed by atoms with Crippen LogP contribution in [0.1, 0.15) is 61.9 Å². The Balaban J connectivity index is 1.41. The van der Waals surface area contributed by atoms with E-state index in [-0.39, 0.29) is 6.10 Å². The highest BCUT2D eigenvalue weighted by Crippen LogP contribution is 2.49. The number of nitrogens with zero attached hydrogens (tertiary/aromatic N) is 3. The van der Waals surface area contributed by atoms with Gasteiger partial charge in [0, 0.05) is 24.2 Å². The molecule has 1 aromatic heterocycles. The van der Waals surface area contributed by atoms with E-state index in [2.05, 4.69) is 15.0 Å². The molecule has 0 spiro atoms. The number of morpholine rings is 1. The number of hydrogen-bond acceptors (Lipinski definition) is 5. The molecule has 1 unspecified atom stereocenters. The van der Waals surface area contributed by atoms with Crippen molar-refractivity contribution in [2.75, 3.05) is 19.7 Å². The second-order valence-electron chi connectivity index (χ2n) is 7.98. The number of rotatable bonds is 3. The van der Waals surface area contributed by atoms with Crippen LogP contribution in [0.25, 0.3) is 0 Å². The van der Waals surface area contributed by atoms with Gasteiger partial charge in [-0.1, -0.05) is 24.1 Å². The highest BCUT2D eigenvalue weighted by Gasteiger charge is 2.47. The van der Waals surface area contributed by atoms with Gasteiger partial charge in [0.15, 0.2) is 0 Å². The van der Waals surface area contributed by atoms with Crippen molar-refractivity contribution in [2.45, 2.75) is 56.1 Å². The van der Waals surface area contributed by atoms with Crippen LogP contribution in [0.5, 0.6) is 0 Å². The number of fused-ring (bicyclic) bond motifs is 1. The molecular weight excluding hydrogens is 352 g/mol. The summed E-state index contributed by atoms with van der Waals surface area (Å²) in [5.41, 5.74) is -0.211. The van der Waals surface area contributed by atoms with Gasteiger partial charge in [-0.05, 0) is 38.3 Å². The quantitative estimate of drug-likeness (QED) is 0.818. The predicted molar refractivity (Wildman–Crippen MR) is 93.2 cm³/mol. The number of aromatic nitrogens is 2. The molecule has 144 valence electrons. The van der Waals surface area contributed by atoms with Crippen molar-refractivity contribution in [3.8, 4) is 0 Å². The van der Waals surface area contributed by atoms with E-state index in [0.29, 0.717) is 29.9 Å². The Labute approximate surface area is 156 Å². The summed E-state index contributed by atoms with van der Waals surface area (Å²) in [5.74, 6) is -0.190. The number of benzene rings is 1. The van der Waals surface area contributed by atoms with Gasteiger partial charge in [-0.2, -0.15) is 4.98 Å². The SMILES string of the molecule is Fc1ccc(C2(c3nc([C@H]4CN5CCCCC5CO4)no3)CCC2)c(F)c1. The fourth-order valence-electron chi connectivity index (χ4n) is 4.70. The summed E-state index contributed by atoms with van der Waals surface area (Å²) in [7, 11) is 0. The van der Waals surface area contributed by atoms with Gasteiger partial charge in [0.1, 0.15) is 17.7 Å². The van der Waals surface area contributed by atoms with E-state index in [9.17, 15) is 8.78 Å². The Morgan fingerprint density at radius 3 is 2.81 bits per heavy atom. The first kappa shape index (κ1) is 17.3. The van der Waals surface area contributed by atoms with Crippen LogP contribution in [0.3, 0.4) is 0 Å². The second kappa shape index (κ2) is 6.63. The molecule has 3 heterocycles. The Kier molecular flexibility index (Phi) is 4.24. The Hall–Kier alpha value is -1.86. The van der Waals surface area contributed by atoms with E-state index in [4.69, 9.17) is 9.26 Å². The van der Waals surface area contributed by atoms with Crippen molar-refractivity contribution < 1.29 is 18.0 Å². The summed E-state index contributed by atoms with van der Waals surface area (Å²) in [5, 5.41) is 4.16. The zero-order valence-corrected chi connectivity index (χ0v) is 15.2. The van der Waals surface area contributed by atoms with Crippen LogP contribution >= 0.6 is 0 Å². The average Bonchev–Trinajstić information content (AvgIpc) is 3.12. The molecule has 3 aliphatic rings. The van der Waals surface area contributed by atoms with Crippen molar-refractivity contribution >= 4 is 0 Å². The van der Waals surface area contributed by atoms with Crippen LogP contribution < -0.4 is 0 Å². The summed E-state index contributed by atoms with van der Waals surface area (Å²) in [6.07, 6.45) is 5.82. The summed E-state index contributed by atoms with van der Waals surface area (Å²) in [6, 6.07) is 4.21. The van der Waals surface area contributed by atoms with E-state index >= 15 is 0 Å². The molecule has 0 N–H and O–H groups in total. The van der Waals surface area contributed by atoms with Gasteiger partial charge in [-0.25, -0.2) is 8.78 Å². The fourth-order valence-corrected chi connectivity index (χ4v) is 4.70. The molecule has 2 aromatic rings. The molecule has 5 nitrogen and oxygen atoms in total. The van der Waals surface area contributed by atoms with Gasteiger partial charge in [0.05, 0.1) is 12.0 Å². The molecule has 0 radical (unpaired) electrons. The molecule has 5 rings (SSSR count). The highest BCUT2D eigenvalue weighted by atomic mass is 19.1. The lowest BCUT2D eigenvalue weighted by molar-refractivity contribution is -0.0805. The third-order valence-corrected chi connectivity index (χ3v) is 6.43. The van der Waals surface area contributed by atoms with Crippen LogP contribution in [-0.4, -0.2) is 40.8 Å². The lowest BCUT2D eigenvalue weighted by atomic mass is 9.64. The number of halogens is 2. The third kappa shape index (κ3) is 2.88. The second-order valence-corrected chi connectivity index (χ2v) is 7.98. The number of hydrogen-bond donors (Lipinski definition) is 0. The minimum absolute atomic E-state index is 0.216. The molecule has 7 heteroatoms. The highest BCUT2D eigenvalue weighted by molar-refractivity contribution is 5.36. The summed E-state index contributed by atoms with van der Waals surface area (Å²) >= 11 is 0. The fraction of sp³-hybridized carbons (Fsp3) is 0.600. The molecule has 1 saturated carbocycles. The van der Waals surface area contributed by atoms with Crippen molar-refractivity contribution in [1.29, 1.82) is 0 Å². The zero-order chi connectivity index (χ0) is 18.4. The normalized spacial score (nSPS) is 27.8. The molecule has 2 atom stereocenters. The first-order valence-electron chi connectivity index (χ1n) is 9.81. The van der Waals surface area contributed by atoms with Crippen molar-refractivity contribution in [3.63, 3.8) is 0 Å². The van der Waals surface area contributed by atoms with E-state index < -0.39 is 17.0 Å². The molecular formula is C20H23F2N3O2. The summed E-state index contributed by atoms with van der Waals surface area (Å²) in [6.45, 7) is 2.54. The Morgan fingerprint density at radius 1 is 1.15 bits per heavy atom. The maximum atomic E-state index is 14.4. The van der Waals surface area contributed by atoms with Gasteiger partial charge in [0.25, 0.3) is 0 Å². The molecule has 3 fully saturated rings. The van der Waals surface area contributed by atoms with Crippen molar-refractivity contribution in [3.05, 3.63) is 47.1 Å². The van der Waals surface area contributed by atoms with Crippen LogP contribution in [0.2, 0.25) is 0 Å². The van der Waals surface area contributed by atoms with E-state index in [0.717, 1.165) is 38.4 Å². The van der Waals surface area contributed by atoms with Gasteiger partial charge in [0.2, 0.25) is 11.7 Å². The molecule has 1 aliphatic carbocycles. The van der Waals surface area contributed by atoms with E-state index in [1.165, 1.54) is 31.4 Å². The zero-order valence-electron chi connectivity index (χ0n) is 15.2. The average molecular weight is 375 g/mol. The van der Waals surface area contributed by atoms with Gasteiger partial charge < -0.3 is 9.26 Å². The Morgan fingerprint density at radius 2 is 2.04 bits per heavy atom. The number of piperidine rings is 1. The molecule has 1 aromatic carbocycles. The Bertz CT molecular complexity index is 836. The molecule has 0 amide bonds. The van der Waals surface area contributed by atoms with Crippen molar-refractivity contribution in [2.24, 2.45) is 0 Å². The molecule has 0 bridgehead atoms. The van der Waals surface area contributed by atoms with Crippen LogP contribution in [0.15, 0.2) is 22.7 Å². The van der Waals surface area contributed by atoms with Crippen LogP contribution in [-0.2, 0) is 10.2 Å². The maximum absolute atomic E-state index is 14.4. The van der Waals surface area contributed by atoms with Gasteiger partial charge in [-0.15, -0.1) is 0 Å². The smallest absolute Gasteiger partial charge is 0.237 e. The molecule has 2 saturated heterocycles. The minimum Gasteiger partial charge on any atom is -0.367 e. The van der Waals surface area contributed by atoms with Crippen molar-refractivity contribution in [1.82, 2.24) is 15.0 Å². The predicted octanol–water partition coefficient (Wildman–Crippen LogP) is 3.74. The summed E-state index contributed by atoms with van der Waals surface area (Å²) in [4.78, 5) is 7.07. The lowest BCUT2D eigenvalue weighted by Gasteiger charge is -2.41. The monoisotopic (exact) mass is 375 g/mol. The minimum atomic E-state index is -0.647. The van der Waals surface area contributed by atoms with Crippen LogP contribution in [0, 0.1) is 11.6 Å². The largest absolute Gasteiger partial charge is 0.367 e. The lowest BCUT2D eigenvalue weighted by Crippen LogP contribution is -2.49. The molecule has 27 heavy (non-hydrogen) atoms. The van der Waals surface area contributed by atoms with E-state index in [1.54, 1.807) is 0 Å². The van der Waals surface area contributed by atoms with Gasteiger partial charge in [-0.3, -0.25) is 4.90 Å². The van der Waals surface area contributed by atoms with E-state index in [1.807, 2.05) is 0 Å². The molecule has 2 aliphatic heterocycles. The van der Waals surface area contributed by atoms with Gasteiger partial charge >= 0.3 is 0 Å². The number of ether oxygens (including phenoxy) is 1. The first-order chi connectivity index (χ1) is 13.2. The first-order valence-corrected chi connectivity index (χ1v) is 9.81. The standard InChI is InChI=1S/C20H23F2N3O2/c21-13-5-6-15(16(22)10-13)20(7-3-8-20)19-23-18(24-27-19)17-11-25-9-2-1-4-14(25)12-26-17/h5-6,10,14,17H,1-4,7-9,11-12H2/t14?,17-/m1/s1. The summed E-state index contributed by atoms with van der Waals surface area (Å²) < 4.78 is 39.4. The maximum Gasteiger partial charge on any atom is 0.237 e. The topological polar surface area (TPSA) is 51.4 Å². The third-order valence-electron chi connectivity index (χ3n) is 6.43. The van der Waals surface area contributed by atoms with Crippen LogP contribution in [0.4, 0.5) is 8.78 Å².